The molecule has 1 aliphatic rings. The van der Waals surface area contributed by atoms with Crippen molar-refractivity contribution in [2.75, 3.05) is 31.6 Å². The van der Waals surface area contributed by atoms with Crippen LogP contribution in [0.15, 0.2) is 24.3 Å². The first-order valence-electron chi connectivity index (χ1n) is 6.81. The van der Waals surface area contributed by atoms with Gasteiger partial charge >= 0.3 is 5.97 Å². The third kappa shape index (κ3) is 4.54. The topological polar surface area (TPSA) is 78.9 Å². The van der Waals surface area contributed by atoms with Crippen LogP contribution in [0.2, 0.25) is 0 Å². The molecule has 0 spiro atoms. The number of benzene rings is 1. The largest absolute Gasteiger partial charge is 0.480 e. The van der Waals surface area contributed by atoms with Crippen LogP contribution in [0.4, 0.5) is 5.69 Å². The molecule has 0 saturated carbocycles. The van der Waals surface area contributed by atoms with E-state index in [4.69, 9.17) is 9.84 Å². The molecule has 2 rings (SSSR count). The van der Waals surface area contributed by atoms with Gasteiger partial charge in [-0.3, -0.25) is 9.69 Å². The fourth-order valence-electron chi connectivity index (χ4n) is 2.47. The average molecular weight is 292 g/mol. The standard InChI is InChI=1S/C15H20N2O4/c1-11-4-3-5-12(6-11)16-13(18)7-17-9-15(2,10-17)21-8-14(19)20/h3-6H,7-10H2,1-2H3,(H,16,18)(H,19,20). The van der Waals surface area contributed by atoms with Gasteiger partial charge in [-0.2, -0.15) is 0 Å². The maximum Gasteiger partial charge on any atom is 0.329 e. The Morgan fingerprint density at radius 1 is 1.43 bits per heavy atom. The summed E-state index contributed by atoms with van der Waals surface area (Å²) in [6, 6.07) is 7.62. The Bertz CT molecular complexity index is 538. The van der Waals surface area contributed by atoms with Gasteiger partial charge in [0, 0.05) is 18.8 Å². The molecule has 0 unspecified atom stereocenters. The van der Waals surface area contributed by atoms with Crippen LogP contribution in [-0.2, 0) is 14.3 Å². The number of nitrogens with zero attached hydrogens (tertiary/aromatic N) is 1. The molecule has 6 nitrogen and oxygen atoms in total. The fourth-order valence-corrected chi connectivity index (χ4v) is 2.47. The Kier molecular flexibility index (Phi) is 4.59. The second-order valence-corrected chi connectivity index (χ2v) is 5.70. The van der Waals surface area contributed by atoms with E-state index in [1.807, 2.05) is 43.0 Å². The van der Waals surface area contributed by atoms with Crippen molar-refractivity contribution in [2.24, 2.45) is 0 Å². The van der Waals surface area contributed by atoms with E-state index in [-0.39, 0.29) is 19.1 Å². The summed E-state index contributed by atoms with van der Waals surface area (Å²) < 4.78 is 5.30. The second-order valence-electron chi connectivity index (χ2n) is 5.70. The SMILES string of the molecule is Cc1cccc(NC(=O)CN2CC(C)(OCC(=O)O)C2)c1. The van der Waals surface area contributed by atoms with Gasteiger partial charge in [0.2, 0.25) is 5.91 Å². The first-order valence-corrected chi connectivity index (χ1v) is 6.81. The molecule has 6 heteroatoms. The van der Waals surface area contributed by atoms with Crippen molar-refractivity contribution >= 4 is 17.6 Å². The molecule has 1 amide bonds. The van der Waals surface area contributed by atoms with E-state index in [0.29, 0.717) is 13.1 Å². The van der Waals surface area contributed by atoms with E-state index in [1.54, 1.807) is 0 Å². The average Bonchev–Trinajstić information content (AvgIpc) is 2.34. The van der Waals surface area contributed by atoms with Gasteiger partial charge in [-0.15, -0.1) is 0 Å². The van der Waals surface area contributed by atoms with Gasteiger partial charge < -0.3 is 15.2 Å². The lowest BCUT2D eigenvalue weighted by atomic mass is 9.96. The number of likely N-dealkylation sites (tertiary alicyclic amines) is 1. The van der Waals surface area contributed by atoms with E-state index in [1.165, 1.54) is 0 Å². The molecule has 1 fully saturated rings. The molecular formula is C15H20N2O4. The fraction of sp³-hybridized carbons (Fsp3) is 0.467. The zero-order valence-corrected chi connectivity index (χ0v) is 12.3. The van der Waals surface area contributed by atoms with E-state index in [9.17, 15) is 9.59 Å². The number of hydrogen-bond acceptors (Lipinski definition) is 4. The van der Waals surface area contributed by atoms with Crippen LogP contribution in [0, 0.1) is 6.92 Å². The lowest BCUT2D eigenvalue weighted by molar-refractivity contribution is -0.165. The van der Waals surface area contributed by atoms with Crippen molar-refractivity contribution in [2.45, 2.75) is 19.4 Å². The Labute approximate surface area is 123 Å². The maximum absolute atomic E-state index is 11.9. The summed E-state index contributed by atoms with van der Waals surface area (Å²) in [5.74, 6) is -1.06. The van der Waals surface area contributed by atoms with Gasteiger partial charge in [-0.25, -0.2) is 4.79 Å². The third-order valence-corrected chi connectivity index (χ3v) is 3.33. The highest BCUT2D eigenvalue weighted by Crippen LogP contribution is 2.24. The van der Waals surface area contributed by atoms with Crippen molar-refractivity contribution in [1.29, 1.82) is 0 Å². The van der Waals surface area contributed by atoms with Gasteiger partial charge in [0.1, 0.15) is 6.61 Å². The van der Waals surface area contributed by atoms with Gasteiger partial charge in [-0.05, 0) is 31.5 Å². The number of carbonyl (C=O) groups is 2. The monoisotopic (exact) mass is 292 g/mol. The van der Waals surface area contributed by atoms with Crippen LogP contribution >= 0.6 is 0 Å². The summed E-state index contributed by atoms with van der Waals surface area (Å²) >= 11 is 0. The highest BCUT2D eigenvalue weighted by atomic mass is 16.5. The summed E-state index contributed by atoms with van der Waals surface area (Å²) in [5.41, 5.74) is 1.40. The molecule has 2 N–H and O–H groups in total. The summed E-state index contributed by atoms with van der Waals surface area (Å²) in [6.07, 6.45) is 0. The van der Waals surface area contributed by atoms with E-state index >= 15 is 0 Å². The minimum atomic E-state index is -0.980. The molecule has 1 aromatic rings. The van der Waals surface area contributed by atoms with E-state index in [2.05, 4.69) is 5.32 Å². The van der Waals surface area contributed by atoms with Crippen molar-refractivity contribution < 1.29 is 19.4 Å². The van der Waals surface area contributed by atoms with Gasteiger partial charge in [-0.1, -0.05) is 12.1 Å². The number of anilines is 1. The van der Waals surface area contributed by atoms with Crippen molar-refractivity contribution in [3.8, 4) is 0 Å². The van der Waals surface area contributed by atoms with Crippen LogP contribution in [0.5, 0.6) is 0 Å². The van der Waals surface area contributed by atoms with Crippen LogP contribution in [0.1, 0.15) is 12.5 Å². The Hall–Kier alpha value is -1.92. The van der Waals surface area contributed by atoms with Gasteiger partial charge in [0.25, 0.3) is 0 Å². The summed E-state index contributed by atoms with van der Waals surface area (Å²) in [4.78, 5) is 24.3. The highest BCUT2D eigenvalue weighted by molar-refractivity contribution is 5.92. The quantitative estimate of drug-likeness (QED) is 0.821. The molecular weight excluding hydrogens is 272 g/mol. The molecule has 0 radical (unpaired) electrons. The zero-order valence-electron chi connectivity index (χ0n) is 12.3. The normalized spacial score (nSPS) is 17.0. The molecule has 0 aromatic heterocycles. The van der Waals surface area contributed by atoms with Crippen LogP contribution in [0.3, 0.4) is 0 Å². The molecule has 1 saturated heterocycles. The molecule has 0 aliphatic carbocycles. The Morgan fingerprint density at radius 2 is 2.14 bits per heavy atom. The summed E-state index contributed by atoms with van der Waals surface area (Å²) in [5, 5.41) is 11.4. The smallest absolute Gasteiger partial charge is 0.329 e. The zero-order chi connectivity index (χ0) is 15.5. The van der Waals surface area contributed by atoms with Gasteiger partial charge in [0.05, 0.1) is 12.1 Å². The molecule has 1 heterocycles. The number of nitrogens with one attached hydrogen (secondary N) is 1. The number of hydrogen-bond donors (Lipinski definition) is 2. The van der Waals surface area contributed by atoms with E-state index in [0.717, 1.165) is 11.3 Å². The van der Waals surface area contributed by atoms with Crippen LogP contribution < -0.4 is 5.32 Å². The molecule has 1 aromatic carbocycles. The molecule has 0 bridgehead atoms. The third-order valence-electron chi connectivity index (χ3n) is 3.33. The van der Waals surface area contributed by atoms with E-state index < -0.39 is 11.6 Å². The Balaban J connectivity index is 1.74. The Morgan fingerprint density at radius 3 is 2.76 bits per heavy atom. The molecule has 21 heavy (non-hydrogen) atoms. The highest BCUT2D eigenvalue weighted by Gasteiger charge is 2.40. The van der Waals surface area contributed by atoms with Crippen molar-refractivity contribution in [3.05, 3.63) is 29.8 Å². The number of amides is 1. The number of carboxylic acids is 1. The number of aryl methyl sites for hydroxylation is 1. The summed E-state index contributed by atoms with van der Waals surface area (Å²) in [6.45, 7) is 4.91. The first-order chi connectivity index (χ1) is 9.86. The first kappa shape index (κ1) is 15.5. The van der Waals surface area contributed by atoms with Crippen molar-refractivity contribution in [3.63, 3.8) is 0 Å². The van der Waals surface area contributed by atoms with Gasteiger partial charge in [0.15, 0.2) is 0 Å². The minimum Gasteiger partial charge on any atom is -0.480 e. The molecule has 114 valence electrons. The number of carbonyl (C=O) groups excluding carboxylic acids is 1. The minimum absolute atomic E-state index is 0.0825. The number of carboxylic acid groups (broad SMARTS) is 1. The molecule has 1 aliphatic heterocycles. The lowest BCUT2D eigenvalue weighted by Crippen LogP contribution is -2.63. The lowest BCUT2D eigenvalue weighted by Gasteiger charge is -2.46. The predicted octanol–water partition coefficient (Wildman–Crippen LogP) is 1.11. The summed E-state index contributed by atoms with van der Waals surface area (Å²) in [7, 11) is 0. The van der Waals surface area contributed by atoms with Crippen molar-refractivity contribution in [1.82, 2.24) is 4.90 Å². The number of rotatable bonds is 6. The van der Waals surface area contributed by atoms with Crippen LogP contribution in [-0.4, -0.2) is 53.7 Å². The number of ether oxygens (including phenoxy) is 1. The predicted molar refractivity (Wildman–Crippen MR) is 78.2 cm³/mol. The van der Waals surface area contributed by atoms with Crippen LogP contribution in [0.25, 0.3) is 0 Å². The number of aliphatic carboxylic acids is 1. The maximum atomic E-state index is 11.9. The second kappa shape index (κ2) is 6.24. The molecule has 0 atom stereocenters.